The van der Waals surface area contributed by atoms with E-state index in [0.29, 0.717) is 22.1 Å². The third-order valence-corrected chi connectivity index (χ3v) is 4.28. The number of hydrogen-bond acceptors (Lipinski definition) is 4. The van der Waals surface area contributed by atoms with Crippen molar-refractivity contribution in [3.05, 3.63) is 58.6 Å². The molecule has 0 bridgehead atoms. The Hall–Kier alpha value is -1.98. The fraction of sp³-hybridized carbons (Fsp3) is 0.176. The molecule has 120 valence electrons. The molecule has 1 N–H and O–H groups in total. The maximum atomic E-state index is 12.1. The van der Waals surface area contributed by atoms with Crippen LogP contribution in [0, 0.1) is 6.92 Å². The molecule has 0 heterocycles. The number of carboxylic acids is 1. The van der Waals surface area contributed by atoms with Crippen LogP contribution in [0.4, 0.5) is 0 Å². The highest BCUT2D eigenvalue weighted by Crippen LogP contribution is 2.26. The maximum absolute atomic E-state index is 12.1. The summed E-state index contributed by atoms with van der Waals surface area (Å²) in [6.45, 7) is 1.46. The zero-order valence-corrected chi connectivity index (χ0v) is 14.0. The van der Waals surface area contributed by atoms with Crippen molar-refractivity contribution in [2.45, 2.75) is 11.8 Å². The Morgan fingerprint density at radius 1 is 1.17 bits per heavy atom. The first-order valence-electron chi connectivity index (χ1n) is 6.82. The van der Waals surface area contributed by atoms with E-state index in [1.165, 1.54) is 11.8 Å². The molecule has 0 amide bonds. The molecule has 0 aromatic heterocycles. The summed E-state index contributed by atoms with van der Waals surface area (Å²) in [5, 5.41) is 9.21. The van der Waals surface area contributed by atoms with Gasteiger partial charge in [0.1, 0.15) is 5.75 Å². The van der Waals surface area contributed by atoms with Crippen LogP contribution in [-0.4, -0.2) is 29.2 Å². The van der Waals surface area contributed by atoms with Gasteiger partial charge in [0.05, 0.1) is 5.75 Å². The number of hydrogen-bond donors (Lipinski definition) is 1. The molecule has 0 unspecified atom stereocenters. The summed E-state index contributed by atoms with van der Waals surface area (Å²) in [5.74, 6) is -0.149. The molecule has 0 aliphatic heterocycles. The summed E-state index contributed by atoms with van der Waals surface area (Å²) in [4.78, 5) is 23.5. The highest BCUT2D eigenvalue weighted by molar-refractivity contribution is 8.00. The van der Waals surface area contributed by atoms with Gasteiger partial charge in [0.25, 0.3) is 0 Å². The third-order valence-electron chi connectivity index (χ3n) is 3.03. The number of carbonyl (C=O) groups is 2. The first-order valence-corrected chi connectivity index (χ1v) is 8.19. The van der Waals surface area contributed by atoms with E-state index >= 15 is 0 Å². The number of rotatable bonds is 7. The Bertz CT molecular complexity index is 713. The van der Waals surface area contributed by atoms with Crippen molar-refractivity contribution in [3.8, 4) is 5.75 Å². The molecule has 6 heteroatoms. The number of ether oxygens (including phenoxy) is 1. The maximum Gasteiger partial charge on any atom is 0.341 e. The van der Waals surface area contributed by atoms with Crippen LogP contribution in [0.3, 0.4) is 0 Å². The molecule has 23 heavy (non-hydrogen) atoms. The van der Waals surface area contributed by atoms with Gasteiger partial charge >= 0.3 is 5.97 Å². The minimum atomic E-state index is -1.02. The average Bonchev–Trinajstić information content (AvgIpc) is 2.52. The van der Waals surface area contributed by atoms with Crippen LogP contribution in [0.15, 0.2) is 47.4 Å². The minimum Gasteiger partial charge on any atom is -0.482 e. The highest BCUT2D eigenvalue weighted by Gasteiger charge is 2.08. The number of aliphatic carboxylic acids is 1. The predicted octanol–water partition coefficient (Wildman–Crippen LogP) is 4.09. The number of benzene rings is 2. The first-order chi connectivity index (χ1) is 11.0. The zero-order chi connectivity index (χ0) is 16.8. The van der Waals surface area contributed by atoms with Gasteiger partial charge in [0.15, 0.2) is 12.4 Å². The fourth-order valence-corrected chi connectivity index (χ4v) is 2.90. The second-order valence-corrected chi connectivity index (χ2v) is 6.31. The van der Waals surface area contributed by atoms with Crippen LogP contribution >= 0.6 is 23.4 Å². The van der Waals surface area contributed by atoms with Crippen LogP contribution in [0.25, 0.3) is 0 Å². The molecule has 0 saturated heterocycles. The zero-order valence-electron chi connectivity index (χ0n) is 12.4. The summed E-state index contributed by atoms with van der Waals surface area (Å²) in [6.07, 6.45) is 0. The quantitative estimate of drug-likeness (QED) is 0.602. The fourth-order valence-electron chi connectivity index (χ4n) is 1.88. The Labute approximate surface area is 143 Å². The smallest absolute Gasteiger partial charge is 0.341 e. The first kappa shape index (κ1) is 17.4. The van der Waals surface area contributed by atoms with Crippen LogP contribution in [0.1, 0.15) is 15.9 Å². The van der Waals surface area contributed by atoms with E-state index in [1.54, 1.807) is 30.3 Å². The number of carboxylic acid groups (broad SMARTS) is 1. The lowest BCUT2D eigenvalue weighted by Gasteiger charge is -2.09. The van der Waals surface area contributed by atoms with Crippen LogP contribution < -0.4 is 4.74 Å². The van der Waals surface area contributed by atoms with E-state index in [4.69, 9.17) is 21.4 Å². The predicted molar refractivity (Wildman–Crippen MR) is 90.8 cm³/mol. The van der Waals surface area contributed by atoms with E-state index < -0.39 is 5.97 Å². The standard InChI is InChI=1S/C17H15ClO4S/c1-11-8-14(6-7-16(11)22-9-17(20)21)23-10-15(19)12-2-4-13(18)5-3-12/h2-8H,9-10H2,1H3,(H,20,21). The Kier molecular flexibility index (Phi) is 6.07. The molecule has 0 aliphatic rings. The summed E-state index contributed by atoms with van der Waals surface area (Å²) in [7, 11) is 0. The molecule has 2 aromatic rings. The van der Waals surface area contributed by atoms with Gasteiger partial charge in [-0.25, -0.2) is 4.79 Å². The van der Waals surface area contributed by atoms with Crippen molar-refractivity contribution >= 4 is 35.1 Å². The van der Waals surface area contributed by atoms with Crippen LogP contribution in [-0.2, 0) is 4.79 Å². The van der Waals surface area contributed by atoms with Crippen LogP contribution in [0.2, 0.25) is 5.02 Å². The van der Waals surface area contributed by atoms with Gasteiger partial charge in [-0.15, -0.1) is 11.8 Å². The van der Waals surface area contributed by atoms with Gasteiger partial charge in [0, 0.05) is 15.5 Å². The number of ketones is 1. The van der Waals surface area contributed by atoms with Gasteiger partial charge in [-0.1, -0.05) is 11.6 Å². The van der Waals surface area contributed by atoms with E-state index in [-0.39, 0.29) is 12.4 Å². The van der Waals surface area contributed by atoms with Crippen molar-refractivity contribution in [2.75, 3.05) is 12.4 Å². The molecule has 2 rings (SSSR count). The summed E-state index contributed by atoms with van der Waals surface area (Å²) < 4.78 is 5.17. The molecular weight excluding hydrogens is 336 g/mol. The number of thioether (sulfide) groups is 1. The molecule has 0 saturated carbocycles. The minimum absolute atomic E-state index is 0.0236. The number of aryl methyl sites for hydroxylation is 1. The highest BCUT2D eigenvalue weighted by atomic mass is 35.5. The third kappa shape index (κ3) is 5.30. The largest absolute Gasteiger partial charge is 0.482 e. The number of Topliss-reactive ketones (excluding diaryl/α,β-unsaturated/α-hetero) is 1. The van der Waals surface area contributed by atoms with Crippen molar-refractivity contribution in [1.29, 1.82) is 0 Å². The molecule has 2 aromatic carbocycles. The molecule has 0 fully saturated rings. The lowest BCUT2D eigenvalue weighted by atomic mass is 10.1. The lowest BCUT2D eigenvalue weighted by Crippen LogP contribution is -2.10. The van der Waals surface area contributed by atoms with E-state index in [1.807, 2.05) is 19.1 Å². The molecular formula is C17H15ClO4S. The van der Waals surface area contributed by atoms with Crippen molar-refractivity contribution in [2.24, 2.45) is 0 Å². The SMILES string of the molecule is Cc1cc(SCC(=O)c2ccc(Cl)cc2)ccc1OCC(=O)O. The van der Waals surface area contributed by atoms with Crippen molar-refractivity contribution < 1.29 is 19.4 Å². The molecule has 0 radical (unpaired) electrons. The van der Waals surface area contributed by atoms with Crippen molar-refractivity contribution in [3.63, 3.8) is 0 Å². The van der Waals surface area contributed by atoms with Gasteiger partial charge in [-0.05, 0) is 55.0 Å². The number of halogens is 1. The molecule has 0 atom stereocenters. The normalized spacial score (nSPS) is 10.3. The van der Waals surface area contributed by atoms with Crippen LogP contribution in [0.5, 0.6) is 5.75 Å². The van der Waals surface area contributed by atoms with E-state index in [0.717, 1.165) is 10.5 Å². The Morgan fingerprint density at radius 2 is 1.87 bits per heavy atom. The average molecular weight is 351 g/mol. The Balaban J connectivity index is 1.95. The second-order valence-electron chi connectivity index (χ2n) is 4.83. The molecule has 4 nitrogen and oxygen atoms in total. The van der Waals surface area contributed by atoms with E-state index in [9.17, 15) is 9.59 Å². The van der Waals surface area contributed by atoms with Gasteiger partial charge in [0.2, 0.25) is 0 Å². The lowest BCUT2D eigenvalue weighted by molar-refractivity contribution is -0.139. The Morgan fingerprint density at radius 3 is 2.48 bits per heavy atom. The summed E-state index contributed by atoms with van der Waals surface area (Å²) >= 11 is 7.22. The molecule has 0 spiro atoms. The summed E-state index contributed by atoms with van der Waals surface area (Å²) in [6, 6.07) is 12.2. The molecule has 0 aliphatic carbocycles. The second kappa shape index (κ2) is 8.04. The van der Waals surface area contributed by atoms with Gasteiger partial charge < -0.3 is 9.84 Å². The van der Waals surface area contributed by atoms with Gasteiger partial charge in [-0.3, -0.25) is 4.79 Å². The van der Waals surface area contributed by atoms with Gasteiger partial charge in [-0.2, -0.15) is 0 Å². The number of carbonyl (C=O) groups excluding carboxylic acids is 1. The van der Waals surface area contributed by atoms with Crippen molar-refractivity contribution in [1.82, 2.24) is 0 Å². The topological polar surface area (TPSA) is 63.6 Å². The summed E-state index contributed by atoms with van der Waals surface area (Å²) in [5.41, 5.74) is 1.45. The monoisotopic (exact) mass is 350 g/mol. The van der Waals surface area contributed by atoms with E-state index in [2.05, 4.69) is 0 Å².